The maximum Gasteiger partial charge on any atom is 0.0524 e. The number of hydrogen-bond donors (Lipinski definition) is 0. The third-order valence-electron chi connectivity index (χ3n) is 3.03. The third kappa shape index (κ3) is 1.54. The molecule has 0 aromatic carbocycles. The highest BCUT2D eigenvalue weighted by atomic mass is 35.5. The fraction of sp³-hybridized carbons (Fsp3) is 1.00. The Morgan fingerprint density at radius 1 is 1.64 bits per heavy atom. The monoisotopic (exact) mass is 176 g/mol. The summed E-state index contributed by atoms with van der Waals surface area (Å²) in [6.45, 7) is 5.39. The Balaban J connectivity index is 2.48. The van der Waals surface area contributed by atoms with Gasteiger partial charge < -0.3 is 4.74 Å². The van der Waals surface area contributed by atoms with Crippen LogP contribution in [0.2, 0.25) is 0 Å². The minimum absolute atomic E-state index is 0.413. The van der Waals surface area contributed by atoms with Crippen LogP contribution in [0.1, 0.15) is 20.3 Å². The highest BCUT2D eigenvalue weighted by molar-refractivity contribution is 6.18. The maximum atomic E-state index is 5.81. The van der Waals surface area contributed by atoms with E-state index in [2.05, 4.69) is 13.8 Å². The first-order chi connectivity index (χ1) is 5.17. The second kappa shape index (κ2) is 3.32. The van der Waals surface area contributed by atoms with E-state index >= 15 is 0 Å². The van der Waals surface area contributed by atoms with Crippen molar-refractivity contribution in [1.29, 1.82) is 0 Å². The topological polar surface area (TPSA) is 9.23 Å². The lowest BCUT2D eigenvalue weighted by atomic mass is 9.91. The molecule has 11 heavy (non-hydrogen) atoms. The van der Waals surface area contributed by atoms with Crippen molar-refractivity contribution in [3.63, 3.8) is 0 Å². The van der Waals surface area contributed by atoms with Crippen LogP contribution in [0.3, 0.4) is 0 Å². The van der Waals surface area contributed by atoms with Gasteiger partial charge in [-0.05, 0) is 18.3 Å². The van der Waals surface area contributed by atoms with E-state index in [4.69, 9.17) is 16.3 Å². The van der Waals surface area contributed by atoms with Gasteiger partial charge in [-0.2, -0.15) is 0 Å². The summed E-state index contributed by atoms with van der Waals surface area (Å²) >= 11 is 5.81. The largest absolute Gasteiger partial charge is 0.384 e. The van der Waals surface area contributed by atoms with Crippen LogP contribution in [-0.4, -0.2) is 19.6 Å². The Hall–Kier alpha value is 0.250. The van der Waals surface area contributed by atoms with Crippen LogP contribution >= 0.6 is 11.6 Å². The Kier molecular flexibility index (Phi) is 2.82. The third-order valence-corrected chi connectivity index (χ3v) is 3.40. The Labute approximate surface area is 74.1 Å². The molecule has 0 aliphatic heterocycles. The maximum absolute atomic E-state index is 5.81. The Morgan fingerprint density at radius 2 is 2.27 bits per heavy atom. The van der Waals surface area contributed by atoms with E-state index in [-0.39, 0.29) is 0 Å². The fourth-order valence-electron chi connectivity index (χ4n) is 1.93. The summed E-state index contributed by atoms with van der Waals surface area (Å²) < 4.78 is 5.20. The van der Waals surface area contributed by atoms with E-state index < -0.39 is 0 Å². The molecule has 0 radical (unpaired) electrons. The molecule has 2 unspecified atom stereocenters. The summed E-state index contributed by atoms with van der Waals surface area (Å²) in [5.74, 6) is 2.19. The molecule has 1 saturated carbocycles. The van der Waals surface area contributed by atoms with Gasteiger partial charge >= 0.3 is 0 Å². The average Bonchev–Trinajstić information content (AvgIpc) is 2.65. The molecule has 0 aromatic heterocycles. The van der Waals surface area contributed by atoms with Gasteiger partial charge in [-0.3, -0.25) is 0 Å². The van der Waals surface area contributed by atoms with E-state index in [0.717, 1.165) is 12.5 Å². The molecule has 1 aliphatic rings. The minimum Gasteiger partial charge on any atom is -0.384 e. The number of methoxy groups -OCH3 is 1. The number of ether oxygens (including phenoxy) is 1. The smallest absolute Gasteiger partial charge is 0.0524 e. The molecule has 0 N–H and O–H groups in total. The highest BCUT2D eigenvalue weighted by Gasteiger charge is 2.55. The van der Waals surface area contributed by atoms with Crippen LogP contribution in [0.25, 0.3) is 0 Å². The summed E-state index contributed by atoms with van der Waals surface area (Å²) in [6.07, 6.45) is 1.25. The second-order valence-corrected chi connectivity index (χ2v) is 4.18. The van der Waals surface area contributed by atoms with Crippen molar-refractivity contribution in [2.24, 2.45) is 17.3 Å². The average molecular weight is 177 g/mol. The molecule has 1 fully saturated rings. The molecule has 1 rings (SSSR count). The summed E-state index contributed by atoms with van der Waals surface area (Å²) in [5.41, 5.74) is 0.413. The van der Waals surface area contributed by atoms with Gasteiger partial charge in [-0.1, -0.05) is 13.8 Å². The van der Waals surface area contributed by atoms with Gasteiger partial charge in [-0.15, -0.1) is 11.6 Å². The molecule has 0 bridgehead atoms. The van der Waals surface area contributed by atoms with Crippen LogP contribution in [0.15, 0.2) is 0 Å². The van der Waals surface area contributed by atoms with Crippen molar-refractivity contribution >= 4 is 11.6 Å². The molecular formula is C9H17ClO. The van der Waals surface area contributed by atoms with Crippen LogP contribution in [-0.2, 0) is 4.74 Å². The fourth-order valence-corrected chi connectivity index (χ4v) is 2.34. The number of alkyl halides is 1. The summed E-state index contributed by atoms with van der Waals surface area (Å²) in [5, 5.41) is 0. The van der Waals surface area contributed by atoms with Gasteiger partial charge in [0.15, 0.2) is 0 Å². The zero-order valence-corrected chi connectivity index (χ0v) is 8.32. The predicted molar refractivity (Wildman–Crippen MR) is 48.0 cm³/mol. The van der Waals surface area contributed by atoms with Crippen molar-refractivity contribution in [1.82, 2.24) is 0 Å². The van der Waals surface area contributed by atoms with E-state index in [1.54, 1.807) is 7.11 Å². The molecule has 0 aromatic rings. The van der Waals surface area contributed by atoms with Gasteiger partial charge in [0.25, 0.3) is 0 Å². The van der Waals surface area contributed by atoms with E-state index in [0.29, 0.717) is 17.3 Å². The number of hydrogen-bond acceptors (Lipinski definition) is 1. The molecule has 0 spiro atoms. The van der Waals surface area contributed by atoms with Gasteiger partial charge in [-0.25, -0.2) is 0 Å². The quantitative estimate of drug-likeness (QED) is 0.599. The summed E-state index contributed by atoms with van der Waals surface area (Å²) in [7, 11) is 1.77. The van der Waals surface area contributed by atoms with E-state index in [9.17, 15) is 0 Å². The molecule has 1 nitrogen and oxygen atoms in total. The van der Waals surface area contributed by atoms with E-state index in [1.165, 1.54) is 6.42 Å². The first-order valence-electron chi connectivity index (χ1n) is 4.22. The zero-order valence-electron chi connectivity index (χ0n) is 7.56. The first kappa shape index (κ1) is 9.34. The van der Waals surface area contributed by atoms with Crippen LogP contribution in [0.4, 0.5) is 0 Å². The lowest BCUT2D eigenvalue weighted by molar-refractivity contribution is 0.106. The van der Waals surface area contributed by atoms with Crippen molar-refractivity contribution in [3.05, 3.63) is 0 Å². The van der Waals surface area contributed by atoms with Crippen molar-refractivity contribution in [2.75, 3.05) is 19.6 Å². The molecule has 0 heterocycles. The second-order valence-electron chi connectivity index (χ2n) is 3.88. The molecule has 2 heteroatoms. The Morgan fingerprint density at radius 3 is 2.55 bits per heavy atom. The SMILES string of the molecule is COCC1(C(C)C)CC1CCl. The molecule has 66 valence electrons. The number of rotatable bonds is 4. The minimum atomic E-state index is 0.413. The van der Waals surface area contributed by atoms with Crippen molar-refractivity contribution in [2.45, 2.75) is 20.3 Å². The zero-order chi connectivity index (χ0) is 8.48. The highest BCUT2D eigenvalue weighted by Crippen LogP contribution is 2.58. The van der Waals surface area contributed by atoms with Crippen molar-refractivity contribution < 1.29 is 4.74 Å². The lowest BCUT2D eigenvalue weighted by Crippen LogP contribution is -2.19. The van der Waals surface area contributed by atoms with Crippen LogP contribution in [0.5, 0.6) is 0 Å². The van der Waals surface area contributed by atoms with Gasteiger partial charge in [0, 0.05) is 18.4 Å². The van der Waals surface area contributed by atoms with Crippen molar-refractivity contribution in [3.8, 4) is 0 Å². The standard InChI is InChI=1S/C9H17ClO/c1-7(2)9(6-11-3)4-8(9)5-10/h7-8H,4-6H2,1-3H3. The number of halogens is 1. The summed E-state index contributed by atoms with van der Waals surface area (Å²) in [6, 6.07) is 0. The summed E-state index contributed by atoms with van der Waals surface area (Å²) in [4.78, 5) is 0. The van der Waals surface area contributed by atoms with Crippen LogP contribution < -0.4 is 0 Å². The van der Waals surface area contributed by atoms with Crippen LogP contribution in [0, 0.1) is 17.3 Å². The normalized spacial score (nSPS) is 36.3. The van der Waals surface area contributed by atoms with Gasteiger partial charge in [0.1, 0.15) is 0 Å². The molecular weight excluding hydrogens is 160 g/mol. The molecule has 0 amide bonds. The Bertz CT molecular complexity index is 136. The van der Waals surface area contributed by atoms with Gasteiger partial charge in [0.2, 0.25) is 0 Å². The van der Waals surface area contributed by atoms with Gasteiger partial charge in [0.05, 0.1) is 6.61 Å². The predicted octanol–water partition coefficient (Wildman–Crippen LogP) is 2.53. The molecule has 0 saturated heterocycles. The first-order valence-corrected chi connectivity index (χ1v) is 4.75. The lowest BCUT2D eigenvalue weighted by Gasteiger charge is -2.19. The molecule has 1 aliphatic carbocycles. The van der Waals surface area contributed by atoms with E-state index in [1.807, 2.05) is 0 Å². The molecule has 2 atom stereocenters.